The SMILES string of the molecule is CN[C@@H]1CNCC[C@@H]1O. The number of piperidine rings is 1. The lowest BCUT2D eigenvalue weighted by atomic mass is 10.0. The normalized spacial score (nSPS) is 36.7. The Hall–Kier alpha value is -0.120. The molecule has 0 unspecified atom stereocenters. The summed E-state index contributed by atoms with van der Waals surface area (Å²) >= 11 is 0. The van der Waals surface area contributed by atoms with Gasteiger partial charge in [0, 0.05) is 12.6 Å². The molecule has 0 amide bonds. The summed E-state index contributed by atoms with van der Waals surface area (Å²) in [5, 5.41) is 15.5. The number of aliphatic hydroxyl groups is 1. The fourth-order valence-corrected chi connectivity index (χ4v) is 1.14. The summed E-state index contributed by atoms with van der Waals surface area (Å²) in [6.07, 6.45) is 0.710. The van der Waals surface area contributed by atoms with Crippen molar-refractivity contribution in [1.29, 1.82) is 0 Å². The number of hydrogen-bond donors (Lipinski definition) is 3. The van der Waals surface area contributed by atoms with E-state index in [9.17, 15) is 5.11 Å². The number of hydrogen-bond acceptors (Lipinski definition) is 3. The Bertz CT molecular complexity index is 87.1. The summed E-state index contributed by atoms with van der Waals surface area (Å²) in [6, 6.07) is 0.249. The molecule has 54 valence electrons. The minimum atomic E-state index is -0.156. The molecule has 1 fully saturated rings. The Labute approximate surface area is 55.5 Å². The summed E-state index contributed by atoms with van der Waals surface area (Å²) in [5.41, 5.74) is 0. The minimum absolute atomic E-state index is 0.156. The average molecular weight is 130 g/mol. The molecule has 0 radical (unpaired) electrons. The van der Waals surface area contributed by atoms with Crippen LogP contribution in [-0.4, -0.2) is 37.4 Å². The zero-order valence-corrected chi connectivity index (χ0v) is 5.72. The van der Waals surface area contributed by atoms with Crippen LogP contribution in [0.5, 0.6) is 0 Å². The molecule has 2 atom stereocenters. The van der Waals surface area contributed by atoms with Gasteiger partial charge in [0.1, 0.15) is 0 Å². The predicted octanol–water partition coefficient (Wildman–Crippen LogP) is -1.07. The maximum Gasteiger partial charge on any atom is 0.0717 e. The molecule has 1 aliphatic heterocycles. The van der Waals surface area contributed by atoms with E-state index in [2.05, 4.69) is 10.6 Å². The highest BCUT2D eigenvalue weighted by molar-refractivity contribution is 4.81. The standard InChI is InChI=1S/C6H14N2O/c1-7-5-4-8-3-2-6(5)9/h5-9H,2-4H2,1H3/t5-,6+/m1/s1. The predicted molar refractivity (Wildman–Crippen MR) is 36.3 cm³/mol. The van der Waals surface area contributed by atoms with E-state index in [0.717, 1.165) is 19.5 Å². The Morgan fingerprint density at radius 3 is 2.89 bits per heavy atom. The number of nitrogens with one attached hydrogen (secondary N) is 2. The molecule has 1 rings (SSSR count). The van der Waals surface area contributed by atoms with Crippen LogP contribution in [0, 0.1) is 0 Å². The van der Waals surface area contributed by atoms with E-state index in [0.29, 0.717) is 0 Å². The molecule has 0 saturated carbocycles. The highest BCUT2D eigenvalue weighted by Gasteiger charge is 2.19. The molecule has 1 aliphatic rings. The van der Waals surface area contributed by atoms with Crippen molar-refractivity contribution in [3.8, 4) is 0 Å². The van der Waals surface area contributed by atoms with Gasteiger partial charge in [0.2, 0.25) is 0 Å². The molecule has 3 heteroatoms. The Balaban J connectivity index is 2.30. The van der Waals surface area contributed by atoms with Crippen LogP contribution in [-0.2, 0) is 0 Å². The third-order valence-electron chi connectivity index (χ3n) is 1.82. The van der Waals surface area contributed by atoms with Gasteiger partial charge < -0.3 is 15.7 Å². The van der Waals surface area contributed by atoms with Crippen LogP contribution in [0.1, 0.15) is 6.42 Å². The first kappa shape index (κ1) is 6.99. The van der Waals surface area contributed by atoms with Crippen molar-refractivity contribution < 1.29 is 5.11 Å². The van der Waals surface area contributed by atoms with Crippen LogP contribution in [0.2, 0.25) is 0 Å². The van der Waals surface area contributed by atoms with E-state index in [-0.39, 0.29) is 12.1 Å². The van der Waals surface area contributed by atoms with E-state index < -0.39 is 0 Å². The van der Waals surface area contributed by atoms with Gasteiger partial charge in [0.25, 0.3) is 0 Å². The lowest BCUT2D eigenvalue weighted by Gasteiger charge is -2.27. The average Bonchev–Trinajstić information content (AvgIpc) is 1.89. The van der Waals surface area contributed by atoms with Crippen LogP contribution in [0.25, 0.3) is 0 Å². The third-order valence-corrected chi connectivity index (χ3v) is 1.82. The van der Waals surface area contributed by atoms with Gasteiger partial charge in [0.15, 0.2) is 0 Å². The van der Waals surface area contributed by atoms with Crippen LogP contribution in [0.3, 0.4) is 0 Å². The molecule has 9 heavy (non-hydrogen) atoms. The zero-order valence-electron chi connectivity index (χ0n) is 5.72. The zero-order chi connectivity index (χ0) is 6.69. The van der Waals surface area contributed by atoms with Crippen molar-refractivity contribution >= 4 is 0 Å². The highest BCUT2D eigenvalue weighted by Crippen LogP contribution is 2.01. The van der Waals surface area contributed by atoms with Crippen molar-refractivity contribution in [2.45, 2.75) is 18.6 Å². The van der Waals surface area contributed by atoms with Crippen molar-refractivity contribution in [1.82, 2.24) is 10.6 Å². The quantitative estimate of drug-likeness (QED) is 0.423. The van der Waals surface area contributed by atoms with Crippen molar-refractivity contribution in [2.75, 3.05) is 20.1 Å². The van der Waals surface area contributed by atoms with Crippen LogP contribution in [0.15, 0.2) is 0 Å². The smallest absolute Gasteiger partial charge is 0.0717 e. The number of aliphatic hydroxyl groups excluding tert-OH is 1. The minimum Gasteiger partial charge on any atom is -0.391 e. The lowest BCUT2D eigenvalue weighted by molar-refractivity contribution is 0.103. The molecule has 0 aromatic carbocycles. The second-order valence-electron chi connectivity index (χ2n) is 2.46. The molecular weight excluding hydrogens is 116 g/mol. The topological polar surface area (TPSA) is 44.3 Å². The third kappa shape index (κ3) is 1.64. The van der Waals surface area contributed by atoms with E-state index in [1.54, 1.807) is 0 Å². The van der Waals surface area contributed by atoms with Crippen LogP contribution >= 0.6 is 0 Å². The molecular formula is C6H14N2O. The molecule has 0 aromatic rings. The fraction of sp³-hybridized carbons (Fsp3) is 1.00. The molecule has 0 aromatic heterocycles. The molecule has 1 saturated heterocycles. The van der Waals surface area contributed by atoms with Crippen molar-refractivity contribution in [3.05, 3.63) is 0 Å². The van der Waals surface area contributed by atoms with Gasteiger partial charge in [-0.2, -0.15) is 0 Å². The van der Waals surface area contributed by atoms with E-state index in [4.69, 9.17) is 0 Å². The van der Waals surface area contributed by atoms with Gasteiger partial charge in [-0.1, -0.05) is 0 Å². The Morgan fingerprint density at radius 1 is 1.67 bits per heavy atom. The first-order valence-electron chi connectivity index (χ1n) is 3.40. The maximum atomic E-state index is 9.27. The summed E-state index contributed by atoms with van der Waals surface area (Å²) < 4.78 is 0. The second kappa shape index (κ2) is 3.15. The Kier molecular flexibility index (Phi) is 2.45. The maximum absolute atomic E-state index is 9.27. The molecule has 0 aliphatic carbocycles. The summed E-state index contributed by atoms with van der Waals surface area (Å²) in [7, 11) is 1.88. The molecule has 3 N–H and O–H groups in total. The number of rotatable bonds is 1. The summed E-state index contributed by atoms with van der Waals surface area (Å²) in [4.78, 5) is 0. The first-order valence-corrected chi connectivity index (χ1v) is 3.40. The summed E-state index contributed by atoms with van der Waals surface area (Å²) in [6.45, 7) is 1.83. The van der Waals surface area contributed by atoms with Crippen LogP contribution < -0.4 is 10.6 Å². The van der Waals surface area contributed by atoms with Crippen molar-refractivity contribution in [3.63, 3.8) is 0 Å². The van der Waals surface area contributed by atoms with E-state index in [1.165, 1.54) is 0 Å². The van der Waals surface area contributed by atoms with Crippen molar-refractivity contribution in [2.24, 2.45) is 0 Å². The molecule has 3 nitrogen and oxygen atoms in total. The largest absolute Gasteiger partial charge is 0.391 e. The van der Waals surface area contributed by atoms with Gasteiger partial charge in [0.05, 0.1) is 6.10 Å². The lowest BCUT2D eigenvalue weighted by Crippen LogP contribution is -2.50. The fourth-order valence-electron chi connectivity index (χ4n) is 1.14. The van der Waals surface area contributed by atoms with Gasteiger partial charge in [-0.05, 0) is 20.0 Å². The molecule has 1 heterocycles. The van der Waals surface area contributed by atoms with Gasteiger partial charge >= 0.3 is 0 Å². The van der Waals surface area contributed by atoms with E-state index in [1.807, 2.05) is 7.05 Å². The molecule has 0 bridgehead atoms. The number of likely N-dealkylation sites (N-methyl/N-ethyl adjacent to an activating group) is 1. The van der Waals surface area contributed by atoms with Gasteiger partial charge in [-0.25, -0.2) is 0 Å². The van der Waals surface area contributed by atoms with Gasteiger partial charge in [-0.3, -0.25) is 0 Å². The Morgan fingerprint density at radius 2 is 2.44 bits per heavy atom. The summed E-state index contributed by atoms with van der Waals surface area (Å²) in [5.74, 6) is 0. The van der Waals surface area contributed by atoms with E-state index >= 15 is 0 Å². The monoisotopic (exact) mass is 130 g/mol. The van der Waals surface area contributed by atoms with Gasteiger partial charge in [-0.15, -0.1) is 0 Å². The highest BCUT2D eigenvalue weighted by atomic mass is 16.3. The molecule has 0 spiro atoms. The second-order valence-corrected chi connectivity index (χ2v) is 2.46. The first-order chi connectivity index (χ1) is 4.34. The van der Waals surface area contributed by atoms with Crippen LogP contribution in [0.4, 0.5) is 0 Å².